The Morgan fingerprint density at radius 1 is 1.22 bits per heavy atom. The van der Waals surface area contributed by atoms with Crippen LogP contribution < -0.4 is 5.32 Å². The molecular weight excluding hydrogens is 302 g/mol. The topological polar surface area (TPSA) is 20.2 Å². The molecule has 1 N–H and O–H groups in total. The normalized spacial score (nSPS) is 17.0. The molecule has 23 heavy (non-hydrogen) atoms. The summed E-state index contributed by atoms with van der Waals surface area (Å²) in [6.07, 6.45) is 4.50. The monoisotopic (exact) mass is 327 g/mol. The van der Waals surface area contributed by atoms with Crippen LogP contribution in [0.2, 0.25) is 0 Å². The largest absolute Gasteiger partial charge is 0.363 e. The summed E-state index contributed by atoms with van der Waals surface area (Å²) in [6, 6.07) is 13.4. The van der Waals surface area contributed by atoms with Gasteiger partial charge in [-0.3, -0.25) is 0 Å². The Labute approximate surface area is 144 Å². The van der Waals surface area contributed by atoms with E-state index in [0.717, 1.165) is 31.2 Å². The van der Waals surface area contributed by atoms with Crippen LogP contribution in [0.3, 0.4) is 0 Å². The van der Waals surface area contributed by atoms with Crippen molar-refractivity contribution in [1.29, 1.82) is 0 Å². The van der Waals surface area contributed by atoms with Gasteiger partial charge in [0.25, 0.3) is 0 Å². The Balaban J connectivity index is 1.89. The Morgan fingerprint density at radius 2 is 2.00 bits per heavy atom. The van der Waals surface area contributed by atoms with Crippen molar-refractivity contribution in [3.05, 3.63) is 59.4 Å². The minimum atomic E-state index is 0.195. The van der Waals surface area contributed by atoms with E-state index < -0.39 is 0 Å². The summed E-state index contributed by atoms with van der Waals surface area (Å²) in [4.78, 5) is 2.34. The van der Waals surface area contributed by atoms with Gasteiger partial charge >= 0.3 is 0 Å². The fourth-order valence-corrected chi connectivity index (χ4v) is 3.47. The second-order valence-corrected chi connectivity index (χ2v) is 6.61. The minimum Gasteiger partial charge on any atom is -0.363 e. The molecule has 3 nitrogen and oxygen atoms in total. The molecule has 2 aromatic rings. The van der Waals surface area contributed by atoms with Crippen molar-refractivity contribution < 1.29 is 0 Å². The molecule has 2 heterocycles. The van der Waals surface area contributed by atoms with Crippen LogP contribution in [0.25, 0.3) is 0 Å². The molecule has 1 aromatic carbocycles. The van der Waals surface area contributed by atoms with E-state index in [2.05, 4.69) is 71.2 Å². The van der Waals surface area contributed by atoms with Gasteiger partial charge in [0.1, 0.15) is 0 Å². The molecule has 0 bridgehead atoms. The van der Waals surface area contributed by atoms with Crippen LogP contribution in [-0.2, 0) is 6.54 Å². The van der Waals surface area contributed by atoms with Gasteiger partial charge in [0.2, 0.25) is 0 Å². The smallest absolute Gasteiger partial charge is 0.169 e. The number of aromatic nitrogens is 1. The third-order valence-corrected chi connectivity index (χ3v) is 4.88. The first-order chi connectivity index (χ1) is 11.2. The summed E-state index contributed by atoms with van der Waals surface area (Å²) in [5.74, 6) is 0. The van der Waals surface area contributed by atoms with Gasteiger partial charge in [-0.1, -0.05) is 43.2 Å². The van der Waals surface area contributed by atoms with Gasteiger partial charge in [0.05, 0.1) is 6.04 Å². The molecule has 1 aromatic heterocycles. The number of benzene rings is 1. The molecule has 0 unspecified atom stereocenters. The highest BCUT2D eigenvalue weighted by Crippen LogP contribution is 2.32. The zero-order chi connectivity index (χ0) is 16.2. The van der Waals surface area contributed by atoms with Crippen molar-refractivity contribution in [1.82, 2.24) is 14.8 Å². The molecule has 3 rings (SSSR count). The number of rotatable bonds is 4. The first kappa shape index (κ1) is 16.1. The fourth-order valence-electron chi connectivity index (χ4n) is 3.18. The average molecular weight is 327 g/mol. The molecule has 1 aliphatic heterocycles. The molecular formula is C19H25N3S. The molecule has 0 aliphatic carbocycles. The van der Waals surface area contributed by atoms with Crippen LogP contribution in [0.5, 0.6) is 0 Å². The zero-order valence-electron chi connectivity index (χ0n) is 14.0. The molecule has 122 valence electrons. The molecule has 0 saturated carbocycles. The summed E-state index contributed by atoms with van der Waals surface area (Å²) in [5.41, 5.74) is 3.91. The quantitative estimate of drug-likeness (QED) is 0.680. The van der Waals surface area contributed by atoms with Gasteiger partial charge in [0.15, 0.2) is 5.11 Å². The number of nitrogens with one attached hydrogen (secondary N) is 1. The molecule has 0 spiro atoms. The molecule has 0 fully saturated rings. The SMILES string of the molecule is CCCCNC(=S)N1CCn2cccc2[C@@H]1c1ccc(C)cc1. The van der Waals surface area contributed by atoms with E-state index in [1.54, 1.807) is 0 Å². The Bertz CT molecular complexity index is 660. The van der Waals surface area contributed by atoms with Crippen molar-refractivity contribution >= 4 is 17.3 Å². The lowest BCUT2D eigenvalue weighted by Crippen LogP contribution is -2.47. The molecule has 4 heteroatoms. The average Bonchev–Trinajstić information content (AvgIpc) is 3.03. The fraction of sp³-hybridized carbons (Fsp3) is 0.421. The highest BCUT2D eigenvalue weighted by atomic mass is 32.1. The highest BCUT2D eigenvalue weighted by Gasteiger charge is 2.30. The third kappa shape index (κ3) is 3.42. The molecule has 0 radical (unpaired) electrons. The van der Waals surface area contributed by atoms with E-state index in [4.69, 9.17) is 12.2 Å². The van der Waals surface area contributed by atoms with Gasteiger partial charge in [0, 0.05) is 31.5 Å². The Kier molecular flexibility index (Phi) is 5.01. The number of unbranched alkanes of at least 4 members (excludes halogenated alkanes) is 1. The van der Waals surface area contributed by atoms with Crippen molar-refractivity contribution in [3.8, 4) is 0 Å². The maximum absolute atomic E-state index is 5.70. The van der Waals surface area contributed by atoms with Gasteiger partial charge in [-0.05, 0) is 43.3 Å². The molecule has 0 amide bonds. The van der Waals surface area contributed by atoms with Gasteiger partial charge in [-0.15, -0.1) is 0 Å². The van der Waals surface area contributed by atoms with E-state index in [0.29, 0.717) is 0 Å². The summed E-state index contributed by atoms with van der Waals surface area (Å²) >= 11 is 5.70. The standard InChI is InChI=1S/C19H25N3S/c1-3-4-11-20-19(23)22-14-13-21-12-5-6-17(21)18(22)16-9-7-15(2)8-10-16/h5-10,12,18H,3-4,11,13-14H2,1-2H3,(H,20,23)/t18-/m0/s1. The Morgan fingerprint density at radius 3 is 2.74 bits per heavy atom. The van der Waals surface area contributed by atoms with Crippen LogP contribution >= 0.6 is 12.2 Å². The second-order valence-electron chi connectivity index (χ2n) is 6.22. The van der Waals surface area contributed by atoms with Crippen LogP contribution in [0.4, 0.5) is 0 Å². The number of nitrogens with zero attached hydrogens (tertiary/aromatic N) is 2. The number of hydrogen-bond acceptors (Lipinski definition) is 1. The van der Waals surface area contributed by atoms with Gasteiger partial charge in [-0.25, -0.2) is 0 Å². The predicted octanol–water partition coefficient (Wildman–Crippen LogP) is 3.88. The van der Waals surface area contributed by atoms with E-state index in [1.807, 2.05) is 0 Å². The van der Waals surface area contributed by atoms with Crippen LogP contribution in [0.15, 0.2) is 42.6 Å². The maximum atomic E-state index is 5.70. The van der Waals surface area contributed by atoms with Crippen LogP contribution in [0.1, 0.15) is 42.6 Å². The number of fused-ring (bicyclic) bond motifs is 1. The summed E-state index contributed by atoms with van der Waals surface area (Å²) in [7, 11) is 0. The van der Waals surface area contributed by atoms with E-state index in [-0.39, 0.29) is 6.04 Å². The lowest BCUT2D eigenvalue weighted by atomic mass is 9.99. The number of thiocarbonyl (C=S) groups is 1. The highest BCUT2D eigenvalue weighted by molar-refractivity contribution is 7.80. The second kappa shape index (κ2) is 7.18. The van der Waals surface area contributed by atoms with E-state index in [9.17, 15) is 0 Å². The lowest BCUT2D eigenvalue weighted by Gasteiger charge is -2.39. The molecule has 1 aliphatic rings. The predicted molar refractivity (Wildman–Crippen MR) is 99.7 cm³/mol. The van der Waals surface area contributed by atoms with Gasteiger partial charge < -0.3 is 14.8 Å². The lowest BCUT2D eigenvalue weighted by molar-refractivity contribution is 0.286. The summed E-state index contributed by atoms with van der Waals surface area (Å²) < 4.78 is 2.34. The van der Waals surface area contributed by atoms with Crippen LogP contribution in [0, 0.1) is 6.92 Å². The molecule has 0 saturated heterocycles. The first-order valence-electron chi connectivity index (χ1n) is 8.46. The van der Waals surface area contributed by atoms with E-state index in [1.165, 1.54) is 23.2 Å². The summed E-state index contributed by atoms with van der Waals surface area (Å²) in [6.45, 7) is 7.21. The minimum absolute atomic E-state index is 0.195. The van der Waals surface area contributed by atoms with Crippen molar-refractivity contribution in [2.75, 3.05) is 13.1 Å². The van der Waals surface area contributed by atoms with E-state index >= 15 is 0 Å². The third-order valence-electron chi connectivity index (χ3n) is 4.50. The van der Waals surface area contributed by atoms with Crippen molar-refractivity contribution in [2.45, 2.75) is 39.3 Å². The number of aryl methyl sites for hydroxylation is 1. The van der Waals surface area contributed by atoms with Gasteiger partial charge in [-0.2, -0.15) is 0 Å². The summed E-state index contributed by atoms with van der Waals surface area (Å²) in [5, 5.41) is 4.31. The maximum Gasteiger partial charge on any atom is 0.169 e. The number of hydrogen-bond donors (Lipinski definition) is 1. The van der Waals surface area contributed by atoms with Crippen molar-refractivity contribution in [2.24, 2.45) is 0 Å². The van der Waals surface area contributed by atoms with Crippen LogP contribution in [-0.4, -0.2) is 27.7 Å². The Hall–Kier alpha value is -1.81. The molecule has 1 atom stereocenters. The van der Waals surface area contributed by atoms with Crippen molar-refractivity contribution in [3.63, 3.8) is 0 Å². The zero-order valence-corrected chi connectivity index (χ0v) is 14.8. The first-order valence-corrected chi connectivity index (χ1v) is 8.87.